The van der Waals surface area contributed by atoms with Gasteiger partial charge in [-0.2, -0.15) is 5.10 Å². The fourth-order valence-electron chi connectivity index (χ4n) is 2.36. The van der Waals surface area contributed by atoms with Crippen molar-refractivity contribution in [2.75, 3.05) is 11.1 Å². The summed E-state index contributed by atoms with van der Waals surface area (Å²) in [5, 5.41) is 7.18. The number of carbonyl (C=O) groups is 1. The number of rotatable bonds is 1. The topological polar surface area (TPSA) is 85.8 Å². The minimum absolute atomic E-state index is 0.0347. The van der Waals surface area contributed by atoms with Crippen LogP contribution in [0, 0.1) is 13.8 Å². The molecule has 0 fully saturated rings. The molecule has 1 aromatic carbocycles. The predicted octanol–water partition coefficient (Wildman–Crippen LogP) is 1.35. The van der Waals surface area contributed by atoms with E-state index < -0.39 is 0 Å². The Morgan fingerprint density at radius 2 is 2.11 bits per heavy atom. The maximum atomic E-state index is 11.4. The first-order valence-corrected chi connectivity index (χ1v) is 6.17. The second kappa shape index (κ2) is 4.08. The van der Waals surface area contributed by atoms with E-state index in [-0.39, 0.29) is 5.91 Å². The molecular weight excluding hydrogens is 242 g/mol. The summed E-state index contributed by atoms with van der Waals surface area (Å²) < 4.78 is 1.74. The van der Waals surface area contributed by atoms with Crippen LogP contribution in [0.2, 0.25) is 0 Å². The molecule has 0 saturated heterocycles. The third-order valence-electron chi connectivity index (χ3n) is 3.25. The second-order valence-corrected chi connectivity index (χ2v) is 4.73. The Kier molecular flexibility index (Phi) is 2.51. The maximum absolute atomic E-state index is 11.4. The number of anilines is 2. The number of nitrogen functional groups attached to an aromatic ring is 1. The van der Waals surface area contributed by atoms with Gasteiger partial charge in [0, 0.05) is 12.1 Å². The van der Waals surface area contributed by atoms with Crippen molar-refractivity contribution >= 4 is 17.3 Å². The smallest absolute Gasteiger partial charge is 0.224 e. The van der Waals surface area contributed by atoms with E-state index in [0.717, 1.165) is 29.2 Å². The molecule has 98 valence electrons. The van der Waals surface area contributed by atoms with Crippen LogP contribution >= 0.6 is 0 Å². The van der Waals surface area contributed by atoms with E-state index in [1.165, 1.54) is 0 Å². The van der Waals surface area contributed by atoms with E-state index in [1.54, 1.807) is 10.7 Å². The van der Waals surface area contributed by atoms with E-state index in [9.17, 15) is 4.79 Å². The maximum Gasteiger partial charge on any atom is 0.224 e. The number of carbonyl (C=O) groups excluding carboxylic acids is 1. The molecule has 1 aliphatic rings. The number of nitrogens with zero attached hydrogens (tertiary/aromatic N) is 3. The summed E-state index contributed by atoms with van der Waals surface area (Å²) in [6.45, 7) is 3.74. The molecule has 0 atom stereocenters. The lowest BCUT2D eigenvalue weighted by atomic mass is 10.0. The fraction of sp³-hybridized carbons (Fsp3) is 0.308. The van der Waals surface area contributed by atoms with Gasteiger partial charge in [0.15, 0.2) is 0 Å². The largest absolute Gasteiger partial charge is 0.397 e. The van der Waals surface area contributed by atoms with Crippen molar-refractivity contribution in [2.45, 2.75) is 26.7 Å². The van der Waals surface area contributed by atoms with Gasteiger partial charge in [-0.3, -0.25) is 4.79 Å². The molecule has 2 aromatic rings. The molecule has 19 heavy (non-hydrogen) atoms. The number of nitrogens with two attached hydrogens (primary N) is 1. The minimum atomic E-state index is 0.0347. The predicted molar refractivity (Wildman–Crippen MR) is 72.2 cm³/mol. The molecule has 6 heteroatoms. The number of nitrogens with one attached hydrogen (secondary N) is 1. The SMILES string of the molecule is Cc1nc(C)n(-c2cc3c(cc2N)NC(=O)CC3)n1. The van der Waals surface area contributed by atoms with Gasteiger partial charge in [0.05, 0.1) is 11.4 Å². The van der Waals surface area contributed by atoms with Crippen LogP contribution in [0.3, 0.4) is 0 Å². The number of hydrogen-bond acceptors (Lipinski definition) is 4. The lowest BCUT2D eigenvalue weighted by Gasteiger charge is -2.19. The Bertz CT molecular complexity index is 674. The molecular formula is C13H15N5O. The quantitative estimate of drug-likeness (QED) is 0.755. The van der Waals surface area contributed by atoms with Gasteiger partial charge in [0.2, 0.25) is 5.91 Å². The third kappa shape index (κ3) is 1.95. The third-order valence-corrected chi connectivity index (χ3v) is 3.25. The van der Waals surface area contributed by atoms with Gasteiger partial charge in [0.25, 0.3) is 0 Å². The van der Waals surface area contributed by atoms with Gasteiger partial charge in [-0.1, -0.05) is 0 Å². The lowest BCUT2D eigenvalue weighted by molar-refractivity contribution is -0.116. The molecule has 0 radical (unpaired) electrons. The van der Waals surface area contributed by atoms with Gasteiger partial charge in [0.1, 0.15) is 11.6 Å². The zero-order chi connectivity index (χ0) is 13.6. The highest BCUT2D eigenvalue weighted by Crippen LogP contribution is 2.30. The summed E-state index contributed by atoms with van der Waals surface area (Å²) in [7, 11) is 0. The normalized spacial score (nSPS) is 14.1. The van der Waals surface area contributed by atoms with Crippen molar-refractivity contribution in [1.29, 1.82) is 0 Å². The van der Waals surface area contributed by atoms with Crippen molar-refractivity contribution in [3.8, 4) is 5.69 Å². The summed E-state index contributed by atoms with van der Waals surface area (Å²) in [5.41, 5.74) is 9.33. The molecule has 0 saturated carbocycles. The standard InChI is InChI=1S/C13H15N5O/c1-7-15-8(2)18(17-7)12-5-9-3-4-13(19)16-11(9)6-10(12)14/h5-6H,3-4,14H2,1-2H3,(H,16,19). The molecule has 0 spiro atoms. The summed E-state index contributed by atoms with van der Waals surface area (Å²) in [5.74, 6) is 1.54. The zero-order valence-corrected chi connectivity index (χ0v) is 10.9. The summed E-state index contributed by atoms with van der Waals surface area (Å²) in [6.07, 6.45) is 1.23. The van der Waals surface area contributed by atoms with E-state index in [4.69, 9.17) is 5.73 Å². The van der Waals surface area contributed by atoms with Gasteiger partial charge >= 0.3 is 0 Å². The molecule has 0 bridgehead atoms. The zero-order valence-electron chi connectivity index (χ0n) is 10.9. The first kappa shape index (κ1) is 11.7. The van der Waals surface area contributed by atoms with Crippen LogP contribution < -0.4 is 11.1 Å². The Morgan fingerprint density at radius 1 is 1.32 bits per heavy atom. The number of amides is 1. The first-order chi connectivity index (χ1) is 9.04. The molecule has 1 amide bonds. The lowest BCUT2D eigenvalue weighted by Crippen LogP contribution is -2.19. The average Bonchev–Trinajstić information content (AvgIpc) is 2.67. The monoisotopic (exact) mass is 257 g/mol. The van der Waals surface area contributed by atoms with Gasteiger partial charge in [-0.15, -0.1) is 0 Å². The van der Waals surface area contributed by atoms with Crippen molar-refractivity contribution in [2.24, 2.45) is 0 Å². The molecule has 0 aliphatic carbocycles. The van der Waals surface area contributed by atoms with E-state index in [1.807, 2.05) is 19.9 Å². The van der Waals surface area contributed by atoms with Gasteiger partial charge < -0.3 is 11.1 Å². The van der Waals surface area contributed by atoms with Crippen LogP contribution in [0.25, 0.3) is 5.69 Å². The minimum Gasteiger partial charge on any atom is -0.397 e. The molecule has 3 N–H and O–H groups in total. The molecule has 3 rings (SSSR count). The number of aromatic nitrogens is 3. The Hall–Kier alpha value is -2.37. The highest BCUT2D eigenvalue weighted by Gasteiger charge is 2.18. The molecule has 1 aliphatic heterocycles. The van der Waals surface area contributed by atoms with Crippen molar-refractivity contribution < 1.29 is 4.79 Å². The van der Waals surface area contributed by atoms with Crippen LogP contribution in [0.4, 0.5) is 11.4 Å². The average molecular weight is 257 g/mol. The Morgan fingerprint density at radius 3 is 2.79 bits per heavy atom. The van der Waals surface area contributed by atoms with E-state index in [0.29, 0.717) is 17.9 Å². The van der Waals surface area contributed by atoms with Crippen LogP contribution in [0.15, 0.2) is 12.1 Å². The van der Waals surface area contributed by atoms with Crippen molar-refractivity contribution in [3.05, 3.63) is 29.3 Å². The highest BCUT2D eigenvalue weighted by molar-refractivity contribution is 5.95. The van der Waals surface area contributed by atoms with Crippen molar-refractivity contribution in [3.63, 3.8) is 0 Å². The number of fused-ring (bicyclic) bond motifs is 1. The summed E-state index contributed by atoms with van der Waals surface area (Å²) in [6, 6.07) is 3.77. The fourth-order valence-corrected chi connectivity index (χ4v) is 2.36. The van der Waals surface area contributed by atoms with Crippen LogP contribution in [0.5, 0.6) is 0 Å². The second-order valence-electron chi connectivity index (χ2n) is 4.73. The molecule has 0 unspecified atom stereocenters. The Balaban J connectivity index is 2.13. The summed E-state index contributed by atoms with van der Waals surface area (Å²) in [4.78, 5) is 15.6. The number of benzene rings is 1. The van der Waals surface area contributed by atoms with Gasteiger partial charge in [-0.25, -0.2) is 9.67 Å². The van der Waals surface area contributed by atoms with E-state index >= 15 is 0 Å². The first-order valence-electron chi connectivity index (χ1n) is 6.17. The van der Waals surface area contributed by atoms with Crippen LogP contribution in [0.1, 0.15) is 23.6 Å². The molecule has 6 nitrogen and oxygen atoms in total. The molecule has 2 heterocycles. The number of aryl methyl sites for hydroxylation is 3. The van der Waals surface area contributed by atoms with E-state index in [2.05, 4.69) is 15.4 Å². The van der Waals surface area contributed by atoms with Crippen molar-refractivity contribution in [1.82, 2.24) is 14.8 Å². The van der Waals surface area contributed by atoms with Gasteiger partial charge in [-0.05, 0) is 38.0 Å². The highest BCUT2D eigenvalue weighted by atomic mass is 16.1. The van der Waals surface area contributed by atoms with Crippen LogP contribution in [-0.2, 0) is 11.2 Å². The summed E-state index contributed by atoms with van der Waals surface area (Å²) >= 11 is 0. The van der Waals surface area contributed by atoms with Crippen LogP contribution in [-0.4, -0.2) is 20.7 Å². The number of hydrogen-bond donors (Lipinski definition) is 2. The molecule has 1 aromatic heterocycles. The Labute approximate surface area is 110 Å².